The molecule has 0 saturated carbocycles. The Kier molecular flexibility index (Phi) is 5.84. The van der Waals surface area contributed by atoms with Crippen LogP contribution in [0.25, 0.3) is 0 Å². The smallest absolute Gasteiger partial charge is 0.249 e. The monoisotopic (exact) mass is 325 g/mol. The molecular formula is C17H24ClNO3. The summed E-state index contributed by atoms with van der Waals surface area (Å²) in [4.78, 5) is 12.1. The van der Waals surface area contributed by atoms with E-state index in [1.165, 1.54) is 0 Å². The molecule has 1 aliphatic rings. The lowest BCUT2D eigenvalue weighted by atomic mass is 10.0. The van der Waals surface area contributed by atoms with E-state index in [1.807, 2.05) is 45.0 Å². The van der Waals surface area contributed by atoms with Gasteiger partial charge in [-0.2, -0.15) is 0 Å². The van der Waals surface area contributed by atoms with Gasteiger partial charge >= 0.3 is 0 Å². The number of halogens is 1. The Morgan fingerprint density at radius 3 is 2.59 bits per heavy atom. The van der Waals surface area contributed by atoms with Gasteiger partial charge in [0.25, 0.3) is 0 Å². The van der Waals surface area contributed by atoms with Crippen LogP contribution in [0.4, 0.5) is 0 Å². The summed E-state index contributed by atoms with van der Waals surface area (Å²) in [6, 6.07) is 7.66. The molecule has 1 heterocycles. The van der Waals surface area contributed by atoms with Crippen LogP contribution >= 0.6 is 11.6 Å². The number of hydrogen-bond donors (Lipinski definition) is 1. The highest BCUT2D eigenvalue weighted by atomic mass is 35.5. The number of amides is 1. The van der Waals surface area contributed by atoms with Crippen molar-refractivity contribution >= 4 is 17.5 Å². The Morgan fingerprint density at radius 2 is 2.00 bits per heavy atom. The molecule has 1 amide bonds. The molecular weight excluding hydrogens is 302 g/mol. The number of morpholine rings is 1. The summed E-state index contributed by atoms with van der Waals surface area (Å²) < 4.78 is 11.3. The Balaban J connectivity index is 1.77. The van der Waals surface area contributed by atoms with Gasteiger partial charge in [-0.3, -0.25) is 4.79 Å². The summed E-state index contributed by atoms with van der Waals surface area (Å²) in [5.41, 5.74) is 0.940. The Hall–Kier alpha value is -1.10. The molecule has 1 saturated heterocycles. The van der Waals surface area contributed by atoms with Crippen molar-refractivity contribution in [3.8, 4) is 0 Å². The highest BCUT2D eigenvalue weighted by Gasteiger charge is 2.28. The maximum atomic E-state index is 12.1. The average Bonchev–Trinajstić information content (AvgIpc) is 2.42. The van der Waals surface area contributed by atoms with Crippen LogP contribution in [-0.4, -0.2) is 36.9 Å². The lowest BCUT2D eigenvalue weighted by Gasteiger charge is -2.30. The van der Waals surface area contributed by atoms with Gasteiger partial charge in [-0.1, -0.05) is 23.7 Å². The minimum atomic E-state index is -0.413. The fourth-order valence-corrected chi connectivity index (χ4v) is 2.47. The van der Waals surface area contributed by atoms with Crippen LogP contribution in [0.15, 0.2) is 24.3 Å². The van der Waals surface area contributed by atoms with Crippen molar-refractivity contribution in [1.29, 1.82) is 0 Å². The second-order valence-electron chi connectivity index (χ2n) is 6.61. The number of carbonyl (C=O) groups is 1. The van der Waals surface area contributed by atoms with Gasteiger partial charge in [-0.15, -0.1) is 0 Å². The molecule has 2 atom stereocenters. The molecule has 122 valence electrons. The zero-order valence-electron chi connectivity index (χ0n) is 13.4. The third-order valence-corrected chi connectivity index (χ3v) is 3.70. The maximum absolute atomic E-state index is 12.1. The first-order valence-electron chi connectivity index (χ1n) is 7.64. The minimum Gasteiger partial charge on any atom is -0.376 e. The third-order valence-electron chi connectivity index (χ3n) is 3.45. The zero-order chi connectivity index (χ0) is 16.2. The van der Waals surface area contributed by atoms with Gasteiger partial charge in [0, 0.05) is 11.4 Å². The predicted octanol–water partition coefficient (Wildman–Crippen LogP) is 2.97. The Bertz CT molecular complexity index is 496. The summed E-state index contributed by atoms with van der Waals surface area (Å²) in [5, 5.41) is 3.74. The van der Waals surface area contributed by atoms with Gasteiger partial charge in [-0.05, 0) is 44.9 Å². The molecule has 22 heavy (non-hydrogen) atoms. The fraction of sp³-hybridized carbons (Fsp3) is 0.588. The summed E-state index contributed by atoms with van der Waals surface area (Å²) in [7, 11) is 0. The Morgan fingerprint density at radius 1 is 1.32 bits per heavy atom. The van der Waals surface area contributed by atoms with Crippen LogP contribution in [0, 0.1) is 0 Å². The lowest BCUT2D eigenvalue weighted by Crippen LogP contribution is -2.52. The lowest BCUT2D eigenvalue weighted by molar-refractivity contribution is -0.143. The van der Waals surface area contributed by atoms with E-state index in [2.05, 4.69) is 5.32 Å². The predicted molar refractivity (Wildman–Crippen MR) is 87.1 cm³/mol. The molecule has 0 aliphatic carbocycles. The number of ether oxygens (including phenoxy) is 2. The molecule has 2 rings (SSSR count). The van der Waals surface area contributed by atoms with Crippen LogP contribution in [-0.2, 0) is 20.7 Å². The molecule has 1 aromatic rings. The third kappa shape index (κ3) is 5.59. The first-order chi connectivity index (χ1) is 10.3. The molecule has 0 unspecified atom stereocenters. The van der Waals surface area contributed by atoms with Crippen LogP contribution in [0.3, 0.4) is 0 Å². The quantitative estimate of drug-likeness (QED) is 0.905. The Labute approximate surface area is 137 Å². The van der Waals surface area contributed by atoms with Crippen molar-refractivity contribution in [3.63, 3.8) is 0 Å². The first-order valence-corrected chi connectivity index (χ1v) is 8.02. The van der Waals surface area contributed by atoms with E-state index in [1.54, 1.807) is 0 Å². The highest BCUT2D eigenvalue weighted by Crippen LogP contribution is 2.15. The summed E-state index contributed by atoms with van der Waals surface area (Å²) >= 11 is 5.87. The standard InChI is InChI=1S/C17H24ClNO3/c1-17(2,3)22-9-8-15-16(20)19-14(11-21-15)10-12-4-6-13(18)7-5-12/h4-7,14-15H,8-11H2,1-3H3,(H,19,20)/t14-,15-/m0/s1. The van der Waals surface area contributed by atoms with Crippen molar-refractivity contribution in [3.05, 3.63) is 34.9 Å². The molecule has 1 N–H and O–H groups in total. The molecule has 1 aliphatic heterocycles. The van der Waals surface area contributed by atoms with Crippen LogP contribution < -0.4 is 5.32 Å². The van der Waals surface area contributed by atoms with E-state index in [4.69, 9.17) is 21.1 Å². The molecule has 0 spiro atoms. The second-order valence-corrected chi connectivity index (χ2v) is 7.04. The SMILES string of the molecule is CC(C)(C)OCC[C@@H]1OC[C@H](Cc2ccc(Cl)cc2)NC1=O. The summed E-state index contributed by atoms with van der Waals surface area (Å²) in [6.07, 6.45) is 0.911. The van der Waals surface area contributed by atoms with Crippen molar-refractivity contribution in [2.24, 2.45) is 0 Å². The van der Waals surface area contributed by atoms with Gasteiger partial charge in [0.1, 0.15) is 6.10 Å². The normalized spacial score (nSPS) is 22.5. The van der Waals surface area contributed by atoms with Crippen molar-refractivity contribution in [2.75, 3.05) is 13.2 Å². The summed E-state index contributed by atoms with van der Waals surface area (Å²) in [6.45, 7) is 7.03. The second kappa shape index (κ2) is 7.44. The minimum absolute atomic E-state index is 0.00783. The molecule has 4 nitrogen and oxygen atoms in total. The number of rotatable bonds is 5. The van der Waals surface area contributed by atoms with E-state index in [9.17, 15) is 4.79 Å². The van der Waals surface area contributed by atoms with Crippen molar-refractivity contribution in [1.82, 2.24) is 5.32 Å². The largest absolute Gasteiger partial charge is 0.376 e. The van der Waals surface area contributed by atoms with E-state index >= 15 is 0 Å². The first kappa shape index (κ1) is 17.3. The van der Waals surface area contributed by atoms with Gasteiger partial charge in [0.15, 0.2) is 0 Å². The van der Waals surface area contributed by atoms with E-state index in [0.717, 1.165) is 12.0 Å². The topological polar surface area (TPSA) is 47.6 Å². The highest BCUT2D eigenvalue weighted by molar-refractivity contribution is 6.30. The number of carbonyl (C=O) groups excluding carboxylic acids is 1. The van der Waals surface area contributed by atoms with Crippen LogP contribution in [0.2, 0.25) is 5.02 Å². The van der Waals surface area contributed by atoms with Crippen LogP contribution in [0.1, 0.15) is 32.8 Å². The average molecular weight is 326 g/mol. The van der Waals surface area contributed by atoms with E-state index in [0.29, 0.717) is 24.7 Å². The van der Waals surface area contributed by atoms with Gasteiger partial charge < -0.3 is 14.8 Å². The fourth-order valence-electron chi connectivity index (χ4n) is 2.35. The number of benzene rings is 1. The number of nitrogens with one attached hydrogen (secondary N) is 1. The molecule has 1 aromatic carbocycles. The zero-order valence-corrected chi connectivity index (χ0v) is 14.2. The molecule has 0 bridgehead atoms. The van der Waals surface area contributed by atoms with Gasteiger partial charge in [0.2, 0.25) is 5.91 Å². The molecule has 5 heteroatoms. The van der Waals surface area contributed by atoms with Gasteiger partial charge in [0.05, 0.1) is 24.9 Å². The van der Waals surface area contributed by atoms with Gasteiger partial charge in [-0.25, -0.2) is 0 Å². The van der Waals surface area contributed by atoms with E-state index < -0.39 is 6.10 Å². The van der Waals surface area contributed by atoms with E-state index in [-0.39, 0.29) is 17.6 Å². The molecule has 0 radical (unpaired) electrons. The van der Waals surface area contributed by atoms with Crippen molar-refractivity contribution < 1.29 is 14.3 Å². The summed E-state index contributed by atoms with van der Waals surface area (Å²) in [5.74, 6) is -0.0530. The van der Waals surface area contributed by atoms with Crippen LogP contribution in [0.5, 0.6) is 0 Å². The molecule has 0 aromatic heterocycles. The van der Waals surface area contributed by atoms with Crippen molar-refractivity contribution in [2.45, 2.75) is 51.4 Å². The number of hydrogen-bond acceptors (Lipinski definition) is 3. The molecule has 1 fully saturated rings. The maximum Gasteiger partial charge on any atom is 0.249 e.